The topological polar surface area (TPSA) is 47.6 Å². The van der Waals surface area contributed by atoms with Crippen molar-refractivity contribution in [3.63, 3.8) is 0 Å². The monoisotopic (exact) mass is 311 g/mol. The van der Waals surface area contributed by atoms with E-state index in [-0.39, 0.29) is 5.91 Å². The van der Waals surface area contributed by atoms with Gasteiger partial charge in [0.25, 0.3) is 0 Å². The summed E-state index contributed by atoms with van der Waals surface area (Å²) < 4.78 is 11.2. The molecule has 0 unspecified atom stereocenters. The molecule has 0 radical (unpaired) electrons. The van der Waals surface area contributed by atoms with Crippen molar-refractivity contribution in [3.8, 4) is 0 Å². The van der Waals surface area contributed by atoms with Crippen LogP contribution in [0, 0.1) is 5.92 Å². The zero-order valence-electron chi connectivity index (χ0n) is 12.5. The highest BCUT2D eigenvalue weighted by Crippen LogP contribution is 2.26. The first-order valence-electron chi connectivity index (χ1n) is 7.26. The van der Waals surface area contributed by atoms with E-state index < -0.39 is 5.79 Å². The molecule has 1 amide bonds. The van der Waals surface area contributed by atoms with Crippen LogP contribution in [0.2, 0.25) is 5.02 Å². The summed E-state index contributed by atoms with van der Waals surface area (Å²) in [6.45, 7) is 5.94. The maximum atomic E-state index is 11.9. The van der Waals surface area contributed by atoms with Gasteiger partial charge in [-0.1, -0.05) is 30.7 Å². The van der Waals surface area contributed by atoms with Crippen molar-refractivity contribution in [2.24, 2.45) is 5.92 Å². The van der Waals surface area contributed by atoms with Crippen LogP contribution >= 0.6 is 11.6 Å². The number of hydrogen-bond acceptors (Lipinski definition) is 3. The van der Waals surface area contributed by atoms with Crippen molar-refractivity contribution in [1.82, 2.24) is 5.32 Å². The van der Waals surface area contributed by atoms with Crippen molar-refractivity contribution in [1.29, 1.82) is 0 Å². The molecule has 0 spiro atoms. The zero-order valence-corrected chi connectivity index (χ0v) is 13.3. The van der Waals surface area contributed by atoms with Gasteiger partial charge in [0.1, 0.15) is 0 Å². The smallest absolute Gasteiger partial charge is 0.224 e. The summed E-state index contributed by atoms with van der Waals surface area (Å²) in [5.74, 6) is -0.190. The van der Waals surface area contributed by atoms with Crippen LogP contribution in [0.1, 0.15) is 25.8 Å². The van der Waals surface area contributed by atoms with Gasteiger partial charge in [0.05, 0.1) is 19.6 Å². The standard InChI is InChI=1S/C16H22ClNO3/c1-12(10-16(2)20-7-8-21-16)11-18-15(19)9-13-3-5-14(17)6-4-13/h3-6,12H,7-11H2,1-2H3,(H,18,19)/t12-/m0/s1. The number of halogens is 1. The summed E-state index contributed by atoms with van der Waals surface area (Å²) in [6.07, 6.45) is 1.14. The number of hydrogen-bond donors (Lipinski definition) is 1. The Labute approximate surface area is 130 Å². The first kappa shape index (κ1) is 16.3. The van der Waals surface area contributed by atoms with E-state index in [1.165, 1.54) is 0 Å². The van der Waals surface area contributed by atoms with Gasteiger partial charge in [-0.05, 0) is 30.5 Å². The van der Waals surface area contributed by atoms with Crippen LogP contribution in [0.15, 0.2) is 24.3 Å². The molecule has 0 bridgehead atoms. The minimum absolute atomic E-state index is 0.0163. The third kappa shape index (κ3) is 5.30. The van der Waals surface area contributed by atoms with Crippen molar-refractivity contribution >= 4 is 17.5 Å². The second-order valence-electron chi connectivity index (χ2n) is 5.75. The lowest BCUT2D eigenvalue weighted by Gasteiger charge is -2.26. The lowest BCUT2D eigenvalue weighted by atomic mass is 10.0. The number of nitrogens with one attached hydrogen (secondary N) is 1. The Morgan fingerprint density at radius 3 is 2.57 bits per heavy atom. The Bertz CT molecular complexity index is 469. The number of benzene rings is 1. The largest absolute Gasteiger partial charge is 0.356 e. The molecule has 4 nitrogen and oxygen atoms in total. The molecule has 1 saturated heterocycles. The molecule has 0 aromatic heterocycles. The third-order valence-electron chi connectivity index (χ3n) is 3.54. The second-order valence-corrected chi connectivity index (χ2v) is 6.18. The molecule has 1 aromatic carbocycles. The van der Waals surface area contributed by atoms with Crippen LogP contribution in [0.4, 0.5) is 0 Å². The summed E-state index contributed by atoms with van der Waals surface area (Å²) in [5.41, 5.74) is 0.957. The summed E-state index contributed by atoms with van der Waals surface area (Å²) in [4.78, 5) is 11.9. The van der Waals surface area contributed by atoms with Gasteiger partial charge < -0.3 is 14.8 Å². The molecule has 1 fully saturated rings. The molecule has 1 atom stereocenters. The van der Waals surface area contributed by atoms with Crippen LogP contribution in [0.25, 0.3) is 0 Å². The Morgan fingerprint density at radius 1 is 1.33 bits per heavy atom. The number of amides is 1. The summed E-state index contributed by atoms with van der Waals surface area (Å²) in [5, 5.41) is 3.63. The quantitative estimate of drug-likeness (QED) is 0.879. The van der Waals surface area contributed by atoms with Crippen molar-refractivity contribution in [3.05, 3.63) is 34.9 Å². The van der Waals surface area contributed by atoms with E-state index in [2.05, 4.69) is 12.2 Å². The fraction of sp³-hybridized carbons (Fsp3) is 0.562. The average molecular weight is 312 g/mol. The SMILES string of the molecule is C[C@H](CNC(=O)Cc1ccc(Cl)cc1)CC1(C)OCCO1. The molecule has 0 saturated carbocycles. The number of ether oxygens (including phenoxy) is 2. The number of rotatable bonds is 6. The summed E-state index contributed by atoms with van der Waals surface area (Å²) in [6, 6.07) is 7.32. The molecule has 2 rings (SSSR count). The molecule has 0 aliphatic carbocycles. The van der Waals surface area contributed by atoms with Gasteiger partial charge in [0.15, 0.2) is 5.79 Å². The summed E-state index contributed by atoms with van der Waals surface area (Å²) in [7, 11) is 0. The van der Waals surface area contributed by atoms with E-state index in [0.717, 1.165) is 12.0 Å². The Morgan fingerprint density at radius 2 is 1.95 bits per heavy atom. The highest BCUT2D eigenvalue weighted by atomic mass is 35.5. The fourth-order valence-electron chi connectivity index (χ4n) is 2.52. The molecular formula is C16H22ClNO3. The maximum absolute atomic E-state index is 11.9. The Kier molecular flexibility index (Phi) is 5.62. The lowest BCUT2D eigenvalue weighted by Crippen LogP contribution is -2.35. The van der Waals surface area contributed by atoms with Crippen molar-refractivity contribution in [2.45, 2.75) is 32.5 Å². The van der Waals surface area contributed by atoms with Gasteiger partial charge in [-0.25, -0.2) is 0 Å². The predicted molar refractivity (Wildman–Crippen MR) is 82.3 cm³/mol. The highest BCUT2D eigenvalue weighted by molar-refractivity contribution is 6.30. The van der Waals surface area contributed by atoms with Gasteiger partial charge >= 0.3 is 0 Å². The van der Waals surface area contributed by atoms with E-state index in [0.29, 0.717) is 37.1 Å². The van der Waals surface area contributed by atoms with E-state index in [1.54, 1.807) is 12.1 Å². The van der Waals surface area contributed by atoms with Crippen LogP contribution in [-0.4, -0.2) is 31.5 Å². The van der Waals surface area contributed by atoms with Gasteiger partial charge in [0.2, 0.25) is 5.91 Å². The highest BCUT2D eigenvalue weighted by Gasteiger charge is 2.32. The maximum Gasteiger partial charge on any atom is 0.224 e. The molecule has 1 aromatic rings. The normalized spacial score (nSPS) is 18.4. The zero-order chi connectivity index (χ0) is 15.3. The molecule has 116 valence electrons. The molecule has 1 heterocycles. The summed E-state index contributed by atoms with van der Waals surface area (Å²) >= 11 is 5.82. The molecule has 1 aliphatic heterocycles. The van der Waals surface area contributed by atoms with E-state index in [9.17, 15) is 4.79 Å². The van der Waals surface area contributed by atoms with Crippen LogP contribution in [-0.2, 0) is 20.7 Å². The van der Waals surface area contributed by atoms with Crippen LogP contribution in [0.5, 0.6) is 0 Å². The van der Waals surface area contributed by atoms with Gasteiger partial charge in [0, 0.05) is 18.0 Å². The Balaban J connectivity index is 1.72. The van der Waals surface area contributed by atoms with Gasteiger partial charge in [-0.3, -0.25) is 4.79 Å². The third-order valence-corrected chi connectivity index (χ3v) is 3.79. The van der Waals surface area contributed by atoms with Gasteiger partial charge in [-0.2, -0.15) is 0 Å². The molecule has 1 aliphatic rings. The van der Waals surface area contributed by atoms with Gasteiger partial charge in [-0.15, -0.1) is 0 Å². The molecule has 21 heavy (non-hydrogen) atoms. The van der Waals surface area contributed by atoms with E-state index in [4.69, 9.17) is 21.1 Å². The van der Waals surface area contributed by atoms with Crippen molar-refractivity contribution in [2.75, 3.05) is 19.8 Å². The van der Waals surface area contributed by atoms with E-state index in [1.807, 2.05) is 19.1 Å². The first-order chi connectivity index (χ1) is 9.97. The van der Waals surface area contributed by atoms with Crippen LogP contribution < -0.4 is 5.32 Å². The first-order valence-corrected chi connectivity index (χ1v) is 7.64. The minimum atomic E-state index is -0.500. The number of carbonyl (C=O) groups excluding carboxylic acids is 1. The lowest BCUT2D eigenvalue weighted by molar-refractivity contribution is -0.154. The molecule has 5 heteroatoms. The van der Waals surface area contributed by atoms with Crippen LogP contribution in [0.3, 0.4) is 0 Å². The minimum Gasteiger partial charge on any atom is -0.356 e. The predicted octanol–water partition coefficient (Wildman–Crippen LogP) is 2.79. The average Bonchev–Trinajstić information content (AvgIpc) is 2.85. The van der Waals surface area contributed by atoms with Crippen molar-refractivity contribution < 1.29 is 14.3 Å². The van der Waals surface area contributed by atoms with E-state index >= 15 is 0 Å². The number of carbonyl (C=O) groups is 1. The molecular weight excluding hydrogens is 290 g/mol. The fourth-order valence-corrected chi connectivity index (χ4v) is 2.64. The second kappa shape index (κ2) is 7.25. The molecule has 1 N–H and O–H groups in total. The Hall–Kier alpha value is -1.10.